The number of hydrogen-bond acceptors (Lipinski definition) is 3. The number of hydrogen-bond donors (Lipinski definition) is 1. The van der Waals surface area contributed by atoms with Crippen molar-refractivity contribution in [1.82, 2.24) is 9.14 Å². The van der Waals surface area contributed by atoms with E-state index in [1.165, 1.54) is 10.7 Å². The van der Waals surface area contributed by atoms with Crippen molar-refractivity contribution in [1.29, 1.82) is 0 Å². The van der Waals surface area contributed by atoms with Crippen molar-refractivity contribution < 1.29 is 8.42 Å². The third kappa shape index (κ3) is 3.96. The maximum Gasteiger partial charge on any atom is 0.316 e. The van der Waals surface area contributed by atoms with Crippen LogP contribution in [0, 0.1) is 5.92 Å². The van der Waals surface area contributed by atoms with Gasteiger partial charge in [0, 0.05) is 18.8 Å². The third-order valence-electron chi connectivity index (χ3n) is 3.24. The van der Waals surface area contributed by atoms with Gasteiger partial charge in [-0.25, -0.2) is 0 Å². The molecule has 1 unspecified atom stereocenters. The standard InChI is InChI=1S/C11H23N3O2S/c1-4-14(5-2)17(15,16)13-12-11-9-7-6-8-10(11)3/h10,13H,4-9H2,1-3H3/b12-11-. The van der Waals surface area contributed by atoms with Crippen LogP contribution >= 0.6 is 0 Å². The van der Waals surface area contributed by atoms with Gasteiger partial charge in [0.1, 0.15) is 0 Å². The maximum absolute atomic E-state index is 11.8. The fourth-order valence-electron chi connectivity index (χ4n) is 2.07. The molecule has 0 aromatic carbocycles. The zero-order valence-electron chi connectivity index (χ0n) is 10.9. The van der Waals surface area contributed by atoms with E-state index in [9.17, 15) is 8.42 Å². The van der Waals surface area contributed by atoms with Gasteiger partial charge in [-0.2, -0.15) is 22.7 Å². The summed E-state index contributed by atoms with van der Waals surface area (Å²) in [5.74, 6) is 0.392. The largest absolute Gasteiger partial charge is 0.316 e. The number of nitrogens with zero attached hydrogens (tertiary/aromatic N) is 2. The van der Waals surface area contributed by atoms with Gasteiger partial charge >= 0.3 is 10.2 Å². The minimum absolute atomic E-state index is 0.392. The van der Waals surface area contributed by atoms with Gasteiger partial charge in [-0.3, -0.25) is 0 Å². The molecule has 0 aromatic heterocycles. The van der Waals surface area contributed by atoms with Crippen LogP contribution < -0.4 is 4.83 Å². The Morgan fingerprint density at radius 3 is 2.53 bits per heavy atom. The van der Waals surface area contributed by atoms with E-state index in [2.05, 4.69) is 16.9 Å². The van der Waals surface area contributed by atoms with Gasteiger partial charge in [0.2, 0.25) is 0 Å². The topological polar surface area (TPSA) is 61.8 Å². The minimum Gasteiger partial charge on any atom is -0.191 e. The summed E-state index contributed by atoms with van der Waals surface area (Å²) in [7, 11) is -3.45. The first-order chi connectivity index (χ1) is 8.01. The van der Waals surface area contributed by atoms with Crippen molar-refractivity contribution >= 4 is 15.9 Å². The van der Waals surface area contributed by atoms with E-state index in [0.717, 1.165) is 25.0 Å². The molecule has 0 heterocycles. The van der Waals surface area contributed by atoms with Gasteiger partial charge in [0.05, 0.1) is 0 Å². The summed E-state index contributed by atoms with van der Waals surface area (Å²) in [4.78, 5) is 2.35. The first-order valence-electron chi connectivity index (χ1n) is 6.34. The minimum atomic E-state index is -3.45. The van der Waals surface area contributed by atoms with E-state index in [-0.39, 0.29) is 0 Å². The second-order valence-electron chi connectivity index (χ2n) is 4.43. The summed E-state index contributed by atoms with van der Waals surface area (Å²) >= 11 is 0. The van der Waals surface area contributed by atoms with Crippen molar-refractivity contribution in [3.63, 3.8) is 0 Å². The SMILES string of the molecule is CCN(CC)S(=O)(=O)N/N=C1/CCCCC1C. The molecule has 1 rings (SSSR count). The van der Waals surface area contributed by atoms with Crippen LogP contribution in [0.15, 0.2) is 5.10 Å². The predicted molar refractivity (Wildman–Crippen MR) is 70.0 cm³/mol. The van der Waals surface area contributed by atoms with Gasteiger partial charge in [-0.1, -0.05) is 27.2 Å². The quantitative estimate of drug-likeness (QED) is 0.766. The average Bonchev–Trinajstić information content (AvgIpc) is 2.29. The van der Waals surface area contributed by atoms with Crippen LogP contribution in [0.3, 0.4) is 0 Å². The Morgan fingerprint density at radius 1 is 1.35 bits per heavy atom. The fraction of sp³-hybridized carbons (Fsp3) is 0.909. The molecule has 1 N–H and O–H groups in total. The van der Waals surface area contributed by atoms with Gasteiger partial charge in [0.15, 0.2) is 0 Å². The molecule has 0 spiro atoms. The van der Waals surface area contributed by atoms with Crippen LogP contribution in [0.1, 0.15) is 46.5 Å². The first-order valence-corrected chi connectivity index (χ1v) is 7.78. The number of nitrogens with one attached hydrogen (secondary N) is 1. The zero-order chi connectivity index (χ0) is 12.9. The monoisotopic (exact) mass is 261 g/mol. The molecular formula is C11H23N3O2S. The molecular weight excluding hydrogens is 238 g/mol. The molecule has 1 fully saturated rings. The molecule has 0 aliphatic heterocycles. The highest BCUT2D eigenvalue weighted by molar-refractivity contribution is 7.87. The third-order valence-corrected chi connectivity index (χ3v) is 4.76. The Bertz CT molecular complexity index is 361. The lowest BCUT2D eigenvalue weighted by Crippen LogP contribution is -2.39. The Hall–Kier alpha value is -0.620. The van der Waals surface area contributed by atoms with Crippen LogP contribution in [-0.4, -0.2) is 31.5 Å². The molecule has 17 heavy (non-hydrogen) atoms. The molecule has 0 aromatic rings. The van der Waals surface area contributed by atoms with Crippen molar-refractivity contribution in [2.24, 2.45) is 11.0 Å². The average molecular weight is 261 g/mol. The lowest BCUT2D eigenvalue weighted by molar-refractivity contribution is 0.435. The molecule has 100 valence electrons. The van der Waals surface area contributed by atoms with Crippen LogP contribution in [0.4, 0.5) is 0 Å². The van der Waals surface area contributed by atoms with Crippen LogP contribution in [0.25, 0.3) is 0 Å². The van der Waals surface area contributed by atoms with Crippen molar-refractivity contribution in [2.45, 2.75) is 46.5 Å². The highest BCUT2D eigenvalue weighted by atomic mass is 32.2. The second kappa shape index (κ2) is 6.35. The molecule has 0 saturated heterocycles. The molecule has 1 atom stereocenters. The molecule has 6 heteroatoms. The first kappa shape index (κ1) is 14.4. The smallest absolute Gasteiger partial charge is 0.191 e. The summed E-state index contributed by atoms with van der Waals surface area (Å²) in [5, 5.41) is 4.09. The lowest BCUT2D eigenvalue weighted by Gasteiger charge is -2.22. The molecule has 1 aliphatic rings. The maximum atomic E-state index is 11.8. The molecule has 0 radical (unpaired) electrons. The highest BCUT2D eigenvalue weighted by Gasteiger charge is 2.20. The molecule has 5 nitrogen and oxygen atoms in total. The summed E-state index contributed by atoms with van der Waals surface area (Å²) in [6.07, 6.45) is 4.33. The molecule has 1 aliphatic carbocycles. The van der Waals surface area contributed by atoms with E-state index in [1.807, 2.05) is 13.8 Å². The van der Waals surface area contributed by atoms with E-state index < -0.39 is 10.2 Å². The van der Waals surface area contributed by atoms with E-state index in [1.54, 1.807) is 0 Å². The Kier molecular flexibility index (Phi) is 5.39. The number of rotatable bonds is 5. The van der Waals surface area contributed by atoms with Gasteiger partial charge in [0.25, 0.3) is 0 Å². The van der Waals surface area contributed by atoms with Gasteiger partial charge in [-0.15, -0.1) is 0 Å². The summed E-state index contributed by atoms with van der Waals surface area (Å²) in [6.45, 7) is 6.67. The predicted octanol–water partition coefficient (Wildman–Crippen LogP) is 1.73. The van der Waals surface area contributed by atoms with Crippen molar-refractivity contribution in [3.8, 4) is 0 Å². The van der Waals surface area contributed by atoms with Gasteiger partial charge in [-0.05, 0) is 25.2 Å². The molecule has 0 bridgehead atoms. The summed E-state index contributed by atoms with van der Waals surface area (Å²) in [6, 6.07) is 0. The summed E-state index contributed by atoms with van der Waals surface area (Å²) in [5.41, 5.74) is 0.979. The Morgan fingerprint density at radius 2 is 2.00 bits per heavy atom. The number of hydrazone groups is 1. The molecule has 1 saturated carbocycles. The van der Waals surface area contributed by atoms with Crippen LogP contribution in [-0.2, 0) is 10.2 Å². The fourth-order valence-corrected chi connectivity index (χ4v) is 3.10. The van der Waals surface area contributed by atoms with Gasteiger partial charge < -0.3 is 0 Å². The second-order valence-corrected chi connectivity index (χ2v) is 6.08. The van der Waals surface area contributed by atoms with E-state index in [0.29, 0.717) is 19.0 Å². The lowest BCUT2D eigenvalue weighted by atomic mass is 9.89. The van der Waals surface area contributed by atoms with E-state index in [4.69, 9.17) is 0 Å². The van der Waals surface area contributed by atoms with Crippen molar-refractivity contribution in [3.05, 3.63) is 0 Å². The van der Waals surface area contributed by atoms with Crippen molar-refractivity contribution in [2.75, 3.05) is 13.1 Å². The Balaban J connectivity index is 2.67. The Labute approximate surface area is 104 Å². The zero-order valence-corrected chi connectivity index (χ0v) is 11.8. The summed E-state index contributed by atoms with van der Waals surface area (Å²) < 4.78 is 25.1. The highest BCUT2D eigenvalue weighted by Crippen LogP contribution is 2.20. The van der Waals surface area contributed by atoms with Crippen LogP contribution in [0.5, 0.6) is 0 Å². The molecule has 0 amide bonds. The van der Waals surface area contributed by atoms with Crippen LogP contribution in [0.2, 0.25) is 0 Å². The van der Waals surface area contributed by atoms with E-state index >= 15 is 0 Å². The normalized spacial score (nSPS) is 24.2.